The highest BCUT2D eigenvalue weighted by molar-refractivity contribution is 9.10. The molecule has 1 aliphatic heterocycles. The van der Waals surface area contributed by atoms with Crippen LogP contribution in [0.2, 0.25) is 0 Å². The van der Waals surface area contributed by atoms with Crippen LogP contribution in [0.25, 0.3) is 10.9 Å². The smallest absolute Gasteiger partial charge is 0.324 e. The molecule has 3 rings (SSSR count). The van der Waals surface area contributed by atoms with Gasteiger partial charge in [0.15, 0.2) is 0 Å². The number of nitrogens with zero attached hydrogens (tertiary/aromatic N) is 3. The van der Waals surface area contributed by atoms with Crippen molar-refractivity contribution in [2.75, 3.05) is 18.0 Å². The van der Waals surface area contributed by atoms with Gasteiger partial charge in [0.05, 0.1) is 10.9 Å². The molecule has 0 N–H and O–H groups in total. The zero-order valence-corrected chi connectivity index (χ0v) is 13.9. The van der Waals surface area contributed by atoms with E-state index in [4.69, 9.17) is 0 Å². The van der Waals surface area contributed by atoms with Crippen LogP contribution in [-0.2, 0) is 0 Å². The number of anilines is 1. The van der Waals surface area contributed by atoms with E-state index in [1.54, 1.807) is 11.0 Å². The van der Waals surface area contributed by atoms with Crippen LogP contribution in [0.4, 0.5) is 14.7 Å². The lowest BCUT2D eigenvalue weighted by atomic mass is 10.1. The molecular formula is C15H16BrF2N3O. The molecule has 2 heterocycles. The van der Waals surface area contributed by atoms with Gasteiger partial charge in [0.2, 0.25) is 5.95 Å². The van der Waals surface area contributed by atoms with Crippen molar-refractivity contribution in [3.63, 3.8) is 0 Å². The van der Waals surface area contributed by atoms with E-state index < -0.39 is 12.1 Å². The third-order valence-electron chi connectivity index (χ3n) is 3.99. The van der Waals surface area contributed by atoms with Crippen LogP contribution in [0.5, 0.6) is 0 Å². The Hall–Kier alpha value is -1.50. The Balaban J connectivity index is 2.31. The molecule has 2 aromatic rings. The van der Waals surface area contributed by atoms with E-state index in [1.165, 1.54) is 0 Å². The number of fused-ring (bicyclic) bond motifs is 1. The van der Waals surface area contributed by atoms with Gasteiger partial charge in [-0.2, -0.15) is 8.78 Å². The summed E-state index contributed by atoms with van der Waals surface area (Å²) in [6.45, 7) is 2.23. The molecule has 7 heteroatoms. The summed E-state index contributed by atoms with van der Waals surface area (Å²) in [7, 11) is 0. The van der Waals surface area contributed by atoms with Crippen LogP contribution in [0.1, 0.15) is 25.5 Å². The fourth-order valence-electron chi connectivity index (χ4n) is 2.90. The number of alkyl halides is 2. The van der Waals surface area contributed by atoms with Gasteiger partial charge in [-0.05, 0) is 52.9 Å². The van der Waals surface area contributed by atoms with Crippen LogP contribution < -0.4 is 10.5 Å². The van der Waals surface area contributed by atoms with Gasteiger partial charge >= 0.3 is 6.55 Å². The molecule has 22 heavy (non-hydrogen) atoms. The quantitative estimate of drug-likeness (QED) is 0.807. The first-order valence-corrected chi connectivity index (χ1v) is 7.93. The monoisotopic (exact) mass is 371 g/mol. The SMILES string of the molecule is Cc1cc(Br)c2nc(N3CCC(C)C3)n(C(F)F)c(=O)c2c1. The van der Waals surface area contributed by atoms with E-state index in [1.807, 2.05) is 13.0 Å². The molecule has 0 aliphatic carbocycles. The van der Waals surface area contributed by atoms with Crippen LogP contribution in [0, 0.1) is 12.8 Å². The second-order valence-corrected chi connectivity index (χ2v) is 6.70. The largest absolute Gasteiger partial charge is 0.342 e. The summed E-state index contributed by atoms with van der Waals surface area (Å²) >= 11 is 3.38. The summed E-state index contributed by atoms with van der Waals surface area (Å²) in [5.41, 5.74) is 0.558. The topological polar surface area (TPSA) is 38.1 Å². The maximum absolute atomic E-state index is 13.5. The number of aromatic nitrogens is 2. The van der Waals surface area contributed by atoms with Crippen LogP contribution in [0.3, 0.4) is 0 Å². The summed E-state index contributed by atoms with van der Waals surface area (Å²) in [5.74, 6) is 0.460. The summed E-state index contributed by atoms with van der Waals surface area (Å²) in [4.78, 5) is 18.7. The van der Waals surface area contributed by atoms with Crippen LogP contribution >= 0.6 is 15.9 Å². The molecule has 0 amide bonds. The molecule has 1 unspecified atom stereocenters. The average Bonchev–Trinajstić information content (AvgIpc) is 2.85. The summed E-state index contributed by atoms with van der Waals surface area (Å²) in [6.07, 6.45) is 0.909. The minimum absolute atomic E-state index is 0.0569. The Labute approximate surface area is 134 Å². The molecule has 0 saturated carbocycles. The maximum atomic E-state index is 13.5. The van der Waals surface area contributed by atoms with Gasteiger partial charge in [0, 0.05) is 17.6 Å². The first-order chi connectivity index (χ1) is 10.4. The highest BCUT2D eigenvalue weighted by Gasteiger charge is 2.27. The molecule has 1 aromatic heterocycles. The first-order valence-electron chi connectivity index (χ1n) is 7.14. The number of hydrogen-bond acceptors (Lipinski definition) is 3. The van der Waals surface area contributed by atoms with E-state index in [0.29, 0.717) is 33.6 Å². The molecule has 0 spiro atoms. The van der Waals surface area contributed by atoms with Crippen molar-refractivity contribution in [1.29, 1.82) is 0 Å². The predicted octanol–water partition coefficient (Wildman–Crippen LogP) is 3.71. The third kappa shape index (κ3) is 2.51. The normalized spacial score (nSPS) is 18.6. The zero-order valence-electron chi connectivity index (χ0n) is 12.3. The van der Waals surface area contributed by atoms with Crippen LogP contribution in [0.15, 0.2) is 21.4 Å². The molecule has 118 valence electrons. The molecule has 0 radical (unpaired) electrons. The molecule has 1 aromatic carbocycles. The lowest BCUT2D eigenvalue weighted by molar-refractivity contribution is 0.0674. The van der Waals surface area contributed by atoms with Crippen molar-refractivity contribution in [1.82, 2.24) is 9.55 Å². The van der Waals surface area contributed by atoms with Crippen molar-refractivity contribution in [3.05, 3.63) is 32.5 Å². The number of hydrogen-bond donors (Lipinski definition) is 0. The van der Waals surface area contributed by atoms with E-state index in [9.17, 15) is 13.6 Å². The van der Waals surface area contributed by atoms with E-state index >= 15 is 0 Å². The minimum Gasteiger partial charge on any atom is -0.342 e. The predicted molar refractivity (Wildman–Crippen MR) is 85.7 cm³/mol. The zero-order chi connectivity index (χ0) is 16.0. The minimum atomic E-state index is -2.91. The molecule has 4 nitrogen and oxygen atoms in total. The van der Waals surface area contributed by atoms with Gasteiger partial charge in [-0.15, -0.1) is 0 Å². The second kappa shape index (κ2) is 5.61. The fourth-order valence-corrected chi connectivity index (χ4v) is 3.56. The lowest BCUT2D eigenvalue weighted by Gasteiger charge is -2.22. The van der Waals surface area contributed by atoms with Crippen molar-refractivity contribution in [3.8, 4) is 0 Å². The van der Waals surface area contributed by atoms with Gasteiger partial charge in [0.1, 0.15) is 0 Å². The Kier molecular flexibility index (Phi) is 3.92. The van der Waals surface area contributed by atoms with E-state index in [2.05, 4.69) is 27.8 Å². The van der Waals surface area contributed by atoms with Gasteiger partial charge in [-0.25, -0.2) is 9.55 Å². The van der Waals surface area contributed by atoms with Crippen molar-refractivity contribution >= 4 is 32.8 Å². The fraction of sp³-hybridized carbons (Fsp3) is 0.467. The Morgan fingerprint density at radius 3 is 2.73 bits per heavy atom. The molecule has 1 atom stereocenters. The highest BCUT2D eigenvalue weighted by Crippen LogP contribution is 2.29. The van der Waals surface area contributed by atoms with Crippen molar-refractivity contribution in [2.45, 2.75) is 26.8 Å². The maximum Gasteiger partial charge on any atom is 0.324 e. The van der Waals surface area contributed by atoms with Gasteiger partial charge in [-0.3, -0.25) is 4.79 Å². The van der Waals surface area contributed by atoms with Gasteiger partial charge in [0.25, 0.3) is 5.56 Å². The molecule has 1 aliphatic rings. The van der Waals surface area contributed by atoms with Gasteiger partial charge < -0.3 is 4.90 Å². The molecule has 1 saturated heterocycles. The summed E-state index contributed by atoms with van der Waals surface area (Å²) in [5, 5.41) is 0.211. The van der Waals surface area contributed by atoms with Crippen molar-refractivity contribution in [2.24, 2.45) is 5.92 Å². The Morgan fingerprint density at radius 1 is 1.41 bits per heavy atom. The lowest BCUT2D eigenvalue weighted by Crippen LogP contribution is -2.32. The third-order valence-corrected chi connectivity index (χ3v) is 4.59. The van der Waals surface area contributed by atoms with Crippen LogP contribution in [-0.4, -0.2) is 22.6 Å². The Morgan fingerprint density at radius 2 is 2.14 bits per heavy atom. The number of aryl methyl sites for hydroxylation is 1. The summed E-state index contributed by atoms with van der Waals surface area (Å²) < 4.78 is 28.1. The van der Waals surface area contributed by atoms with E-state index in [0.717, 1.165) is 12.0 Å². The first kappa shape index (κ1) is 15.4. The number of benzene rings is 1. The average molecular weight is 372 g/mol. The number of halogens is 3. The standard InChI is InChI=1S/C15H16BrF2N3O/c1-8-3-4-20(7-8)15-19-12-10(5-9(2)6-11(12)16)13(22)21(15)14(17)18/h5-6,8,14H,3-4,7H2,1-2H3. The van der Waals surface area contributed by atoms with Crippen molar-refractivity contribution < 1.29 is 8.78 Å². The summed E-state index contributed by atoms with van der Waals surface area (Å²) in [6, 6.07) is 3.43. The second-order valence-electron chi connectivity index (χ2n) is 5.85. The highest BCUT2D eigenvalue weighted by atomic mass is 79.9. The van der Waals surface area contributed by atoms with E-state index in [-0.39, 0.29) is 11.3 Å². The molecular weight excluding hydrogens is 356 g/mol. The Bertz CT molecular complexity index is 790. The number of rotatable bonds is 2. The van der Waals surface area contributed by atoms with Gasteiger partial charge in [-0.1, -0.05) is 6.92 Å². The molecule has 0 bridgehead atoms. The molecule has 1 fully saturated rings.